The Morgan fingerprint density at radius 2 is 2.04 bits per heavy atom. The molecule has 25 heavy (non-hydrogen) atoms. The number of nitrogens with zero attached hydrogens (tertiary/aromatic N) is 3. The molecular formula is C18H22N4O3. The number of aromatic nitrogens is 1. The zero-order valence-electron chi connectivity index (χ0n) is 14.5. The zero-order valence-corrected chi connectivity index (χ0v) is 14.5. The van der Waals surface area contributed by atoms with Gasteiger partial charge in [-0.2, -0.15) is 0 Å². The molecule has 1 spiro atoms. The lowest BCUT2D eigenvalue weighted by molar-refractivity contribution is -0.127. The summed E-state index contributed by atoms with van der Waals surface area (Å²) in [6.07, 6.45) is 4.61. The number of amides is 3. The molecule has 0 saturated carbocycles. The molecule has 1 N–H and O–H groups in total. The van der Waals surface area contributed by atoms with Crippen LogP contribution in [0.2, 0.25) is 0 Å². The lowest BCUT2D eigenvalue weighted by Crippen LogP contribution is -2.57. The first kappa shape index (κ1) is 15.9. The summed E-state index contributed by atoms with van der Waals surface area (Å²) in [5, 5.41) is 3.49. The Kier molecular flexibility index (Phi) is 3.67. The van der Waals surface area contributed by atoms with Crippen molar-refractivity contribution >= 4 is 28.7 Å². The Hall–Kier alpha value is -2.57. The van der Waals surface area contributed by atoms with E-state index in [1.54, 1.807) is 17.4 Å². The summed E-state index contributed by atoms with van der Waals surface area (Å²) < 4.78 is 5.45. The third-order valence-corrected chi connectivity index (χ3v) is 5.20. The molecule has 4 heterocycles. The number of pyridine rings is 1. The van der Waals surface area contributed by atoms with Gasteiger partial charge in [-0.05, 0) is 30.9 Å². The average Bonchev–Trinajstić information content (AvgIpc) is 3.15. The van der Waals surface area contributed by atoms with E-state index < -0.39 is 5.54 Å². The van der Waals surface area contributed by atoms with Gasteiger partial charge < -0.3 is 14.2 Å². The molecule has 0 radical (unpaired) electrons. The maximum absolute atomic E-state index is 12.5. The van der Waals surface area contributed by atoms with Crippen LogP contribution in [0.1, 0.15) is 26.7 Å². The van der Waals surface area contributed by atoms with E-state index in [0.717, 1.165) is 16.8 Å². The lowest BCUT2D eigenvalue weighted by atomic mass is 9.85. The summed E-state index contributed by atoms with van der Waals surface area (Å²) in [5.41, 5.74) is 0.0859. The fourth-order valence-electron chi connectivity index (χ4n) is 3.94. The van der Waals surface area contributed by atoms with Gasteiger partial charge in [0.05, 0.1) is 11.6 Å². The normalized spacial score (nSPS) is 20.1. The monoisotopic (exact) mass is 342 g/mol. The Morgan fingerprint density at radius 1 is 1.28 bits per heavy atom. The van der Waals surface area contributed by atoms with Crippen LogP contribution in [0.3, 0.4) is 0 Å². The van der Waals surface area contributed by atoms with Crippen LogP contribution in [-0.4, -0.2) is 47.0 Å². The number of piperidine rings is 1. The van der Waals surface area contributed by atoms with Crippen LogP contribution in [0, 0.1) is 5.92 Å². The quantitative estimate of drug-likeness (QED) is 0.867. The van der Waals surface area contributed by atoms with Gasteiger partial charge in [-0.25, -0.2) is 9.78 Å². The maximum Gasteiger partial charge on any atom is 0.325 e. The summed E-state index contributed by atoms with van der Waals surface area (Å²) in [6, 6.07) is 3.50. The van der Waals surface area contributed by atoms with Gasteiger partial charge >= 0.3 is 6.03 Å². The van der Waals surface area contributed by atoms with E-state index >= 15 is 0 Å². The van der Waals surface area contributed by atoms with Crippen LogP contribution in [0.25, 0.3) is 11.0 Å². The van der Waals surface area contributed by atoms with Gasteiger partial charge in [0.1, 0.15) is 16.9 Å². The number of rotatable bonds is 3. The number of carbonyl (C=O) groups excluding carboxylic acids is 2. The summed E-state index contributed by atoms with van der Waals surface area (Å²) in [4.78, 5) is 33.2. The first-order chi connectivity index (χ1) is 12.0. The smallest absolute Gasteiger partial charge is 0.325 e. The molecule has 7 heteroatoms. The number of fused-ring (bicyclic) bond motifs is 1. The molecule has 2 aliphatic heterocycles. The van der Waals surface area contributed by atoms with E-state index in [9.17, 15) is 9.59 Å². The maximum atomic E-state index is 12.5. The number of furan rings is 1. The number of anilines is 1. The standard InChI is InChI=1S/C18H22N4O3/c1-12(2)11-22-17(24)20-16(23)18(22)5-8-21(9-6-18)15-13-4-10-25-14(13)3-7-19-15/h3-4,7,10,12H,5-6,8-9,11H2,1-2H3,(H,20,23,24). The first-order valence-corrected chi connectivity index (χ1v) is 8.71. The molecule has 2 fully saturated rings. The Balaban J connectivity index is 1.59. The molecule has 2 aromatic rings. The number of carbonyl (C=O) groups is 2. The minimum Gasteiger partial charge on any atom is -0.464 e. The minimum atomic E-state index is -0.720. The molecule has 132 valence electrons. The number of imide groups is 1. The molecule has 7 nitrogen and oxygen atoms in total. The van der Waals surface area contributed by atoms with Crippen molar-refractivity contribution in [1.82, 2.24) is 15.2 Å². The molecule has 0 unspecified atom stereocenters. The van der Waals surface area contributed by atoms with E-state index in [4.69, 9.17) is 4.42 Å². The van der Waals surface area contributed by atoms with E-state index in [0.29, 0.717) is 38.4 Å². The van der Waals surface area contributed by atoms with Crippen LogP contribution in [-0.2, 0) is 4.79 Å². The van der Waals surface area contributed by atoms with Crippen molar-refractivity contribution in [3.8, 4) is 0 Å². The van der Waals surface area contributed by atoms with Crippen molar-refractivity contribution in [2.75, 3.05) is 24.5 Å². The highest BCUT2D eigenvalue weighted by molar-refractivity contribution is 6.07. The Bertz CT molecular complexity index is 821. The van der Waals surface area contributed by atoms with Gasteiger partial charge in [-0.15, -0.1) is 0 Å². The van der Waals surface area contributed by atoms with E-state index in [1.165, 1.54) is 0 Å². The topological polar surface area (TPSA) is 78.7 Å². The van der Waals surface area contributed by atoms with Crippen molar-refractivity contribution in [3.05, 3.63) is 24.6 Å². The van der Waals surface area contributed by atoms with Crippen LogP contribution >= 0.6 is 0 Å². The zero-order chi connectivity index (χ0) is 17.6. The fraction of sp³-hybridized carbons (Fsp3) is 0.500. The van der Waals surface area contributed by atoms with E-state index in [-0.39, 0.29) is 11.9 Å². The molecule has 0 atom stereocenters. The molecule has 2 saturated heterocycles. The number of hydrogen-bond acceptors (Lipinski definition) is 5. The first-order valence-electron chi connectivity index (χ1n) is 8.71. The minimum absolute atomic E-state index is 0.160. The van der Waals surface area contributed by atoms with Crippen molar-refractivity contribution in [1.29, 1.82) is 0 Å². The molecule has 0 aromatic carbocycles. The summed E-state index contributed by atoms with van der Waals surface area (Å²) in [7, 11) is 0. The van der Waals surface area contributed by atoms with Gasteiger partial charge in [0.25, 0.3) is 5.91 Å². The van der Waals surface area contributed by atoms with Crippen LogP contribution in [0.4, 0.5) is 10.6 Å². The number of hydrogen-bond donors (Lipinski definition) is 1. The summed E-state index contributed by atoms with van der Waals surface area (Å²) >= 11 is 0. The second-order valence-electron chi connectivity index (χ2n) is 7.25. The molecule has 3 amide bonds. The van der Waals surface area contributed by atoms with Crippen molar-refractivity contribution < 1.29 is 14.0 Å². The Morgan fingerprint density at radius 3 is 2.76 bits per heavy atom. The molecule has 0 aliphatic carbocycles. The highest BCUT2D eigenvalue weighted by Gasteiger charge is 2.54. The van der Waals surface area contributed by atoms with Gasteiger partial charge in [0.15, 0.2) is 0 Å². The lowest BCUT2D eigenvalue weighted by Gasteiger charge is -2.43. The van der Waals surface area contributed by atoms with Gasteiger partial charge in [-0.1, -0.05) is 13.8 Å². The molecule has 2 aliphatic rings. The van der Waals surface area contributed by atoms with E-state index in [1.807, 2.05) is 12.1 Å². The molecule has 2 aromatic heterocycles. The third kappa shape index (κ3) is 2.45. The van der Waals surface area contributed by atoms with Crippen LogP contribution in [0.15, 0.2) is 29.0 Å². The highest BCUT2D eigenvalue weighted by atomic mass is 16.3. The van der Waals surface area contributed by atoms with Crippen molar-refractivity contribution in [3.63, 3.8) is 0 Å². The van der Waals surface area contributed by atoms with Crippen molar-refractivity contribution in [2.24, 2.45) is 5.92 Å². The highest BCUT2D eigenvalue weighted by Crippen LogP contribution is 2.36. The van der Waals surface area contributed by atoms with Gasteiger partial charge in [-0.3, -0.25) is 10.1 Å². The predicted molar refractivity (Wildman–Crippen MR) is 93.3 cm³/mol. The van der Waals surface area contributed by atoms with Gasteiger partial charge in [0.2, 0.25) is 0 Å². The second-order valence-corrected chi connectivity index (χ2v) is 7.25. The SMILES string of the molecule is CC(C)CN1C(=O)NC(=O)C12CCN(c1nccc3occc13)CC2. The van der Waals surface area contributed by atoms with Crippen LogP contribution < -0.4 is 10.2 Å². The predicted octanol–water partition coefficient (Wildman–Crippen LogP) is 2.37. The van der Waals surface area contributed by atoms with Crippen LogP contribution in [0.5, 0.6) is 0 Å². The average molecular weight is 342 g/mol. The second kappa shape index (κ2) is 5.75. The van der Waals surface area contributed by atoms with E-state index in [2.05, 4.69) is 29.0 Å². The third-order valence-electron chi connectivity index (χ3n) is 5.20. The van der Waals surface area contributed by atoms with Gasteiger partial charge in [0, 0.05) is 25.8 Å². The molecule has 4 rings (SSSR count). The Labute approximate surface area is 146 Å². The number of urea groups is 1. The molecule has 0 bridgehead atoms. The molecular weight excluding hydrogens is 320 g/mol. The fourth-order valence-corrected chi connectivity index (χ4v) is 3.94. The summed E-state index contributed by atoms with van der Waals surface area (Å²) in [5.74, 6) is 1.03. The van der Waals surface area contributed by atoms with Crippen molar-refractivity contribution in [2.45, 2.75) is 32.2 Å². The number of nitrogens with one attached hydrogen (secondary N) is 1. The summed E-state index contributed by atoms with van der Waals surface area (Å²) in [6.45, 7) is 6.05. The largest absolute Gasteiger partial charge is 0.464 e.